The number of carboxylic acid groups (broad SMARTS) is 1. The van der Waals surface area contributed by atoms with E-state index in [-0.39, 0.29) is 6.42 Å². The first-order valence-electron chi connectivity index (χ1n) is 5.05. The second kappa shape index (κ2) is 5.92. The van der Waals surface area contributed by atoms with Gasteiger partial charge in [0.15, 0.2) is 0 Å². The molecule has 0 bridgehead atoms. The molecule has 0 aliphatic carbocycles. The number of alkyl halides is 3. The highest BCUT2D eigenvalue weighted by molar-refractivity contribution is 6.30. The average Bonchev–Trinajstić information content (AvgIpc) is 2.29. The molecule has 19 heavy (non-hydrogen) atoms. The Morgan fingerprint density at radius 1 is 1.26 bits per heavy atom. The Morgan fingerprint density at radius 2 is 1.79 bits per heavy atom. The Kier molecular flexibility index (Phi) is 4.77. The van der Waals surface area contributed by atoms with Crippen molar-refractivity contribution in [3.63, 3.8) is 0 Å². The SMILES string of the molecule is O=C(O)C(Cc1ccc(Cl)cc1)NC(=O)C(F)(F)F. The van der Waals surface area contributed by atoms with Gasteiger partial charge in [-0.05, 0) is 17.7 Å². The minimum atomic E-state index is -5.12. The van der Waals surface area contributed by atoms with Crippen LogP contribution in [0.15, 0.2) is 24.3 Å². The molecule has 2 N–H and O–H groups in total. The van der Waals surface area contributed by atoms with Gasteiger partial charge in [-0.15, -0.1) is 0 Å². The van der Waals surface area contributed by atoms with Crippen molar-refractivity contribution >= 4 is 23.5 Å². The lowest BCUT2D eigenvalue weighted by Gasteiger charge is -2.15. The molecule has 0 aromatic heterocycles. The summed E-state index contributed by atoms with van der Waals surface area (Å²) in [5.41, 5.74) is 0.444. The zero-order valence-corrected chi connectivity index (χ0v) is 10.1. The summed E-state index contributed by atoms with van der Waals surface area (Å²) in [7, 11) is 0. The van der Waals surface area contributed by atoms with E-state index in [1.165, 1.54) is 29.6 Å². The zero-order chi connectivity index (χ0) is 14.6. The maximum Gasteiger partial charge on any atom is 0.471 e. The number of nitrogens with one attached hydrogen (secondary N) is 1. The predicted molar refractivity (Wildman–Crippen MR) is 60.8 cm³/mol. The lowest BCUT2D eigenvalue weighted by molar-refractivity contribution is -0.175. The van der Waals surface area contributed by atoms with Crippen LogP contribution in [0, 0.1) is 0 Å². The van der Waals surface area contributed by atoms with E-state index < -0.39 is 24.1 Å². The van der Waals surface area contributed by atoms with Crippen LogP contribution < -0.4 is 5.32 Å². The van der Waals surface area contributed by atoms with Gasteiger partial charge in [0, 0.05) is 11.4 Å². The number of halogens is 4. The van der Waals surface area contributed by atoms with E-state index in [1.54, 1.807) is 0 Å². The van der Waals surface area contributed by atoms with E-state index in [4.69, 9.17) is 16.7 Å². The van der Waals surface area contributed by atoms with Crippen LogP contribution in [0.4, 0.5) is 13.2 Å². The van der Waals surface area contributed by atoms with Crippen molar-refractivity contribution in [3.8, 4) is 0 Å². The van der Waals surface area contributed by atoms with Gasteiger partial charge in [0.1, 0.15) is 6.04 Å². The van der Waals surface area contributed by atoms with E-state index in [1.807, 2.05) is 0 Å². The van der Waals surface area contributed by atoms with Crippen molar-refractivity contribution in [3.05, 3.63) is 34.9 Å². The van der Waals surface area contributed by atoms with Gasteiger partial charge < -0.3 is 10.4 Å². The summed E-state index contributed by atoms with van der Waals surface area (Å²) in [5, 5.41) is 10.6. The molecule has 1 rings (SSSR count). The molecule has 1 atom stereocenters. The summed E-state index contributed by atoms with van der Waals surface area (Å²) in [4.78, 5) is 21.5. The van der Waals surface area contributed by atoms with Gasteiger partial charge in [-0.3, -0.25) is 4.79 Å². The first kappa shape index (κ1) is 15.3. The van der Waals surface area contributed by atoms with Crippen LogP contribution in [0.25, 0.3) is 0 Å². The number of carbonyl (C=O) groups excluding carboxylic acids is 1. The zero-order valence-electron chi connectivity index (χ0n) is 9.37. The molecule has 0 radical (unpaired) electrons. The van der Waals surface area contributed by atoms with Crippen molar-refractivity contribution < 1.29 is 27.9 Å². The van der Waals surface area contributed by atoms with Crippen LogP contribution in [0.3, 0.4) is 0 Å². The third-order valence-electron chi connectivity index (χ3n) is 2.21. The van der Waals surface area contributed by atoms with Crippen molar-refractivity contribution in [2.75, 3.05) is 0 Å². The average molecular weight is 296 g/mol. The lowest BCUT2D eigenvalue weighted by atomic mass is 10.1. The van der Waals surface area contributed by atoms with Crippen LogP contribution >= 0.6 is 11.6 Å². The van der Waals surface area contributed by atoms with Crippen molar-refractivity contribution in [1.82, 2.24) is 5.32 Å². The van der Waals surface area contributed by atoms with Gasteiger partial charge >= 0.3 is 18.1 Å². The maximum absolute atomic E-state index is 12.0. The number of carboxylic acids is 1. The van der Waals surface area contributed by atoms with Gasteiger partial charge in [0.2, 0.25) is 0 Å². The highest BCUT2D eigenvalue weighted by atomic mass is 35.5. The standard InChI is InChI=1S/C11H9ClF3NO3/c12-7-3-1-6(2-4-7)5-8(9(17)18)16-10(19)11(13,14)15/h1-4,8H,5H2,(H,16,19)(H,17,18). The van der Waals surface area contributed by atoms with Gasteiger partial charge in [0.05, 0.1) is 0 Å². The summed E-state index contributed by atoms with van der Waals surface area (Å²) < 4.78 is 36.1. The molecule has 0 fully saturated rings. The Balaban J connectivity index is 2.77. The Bertz CT molecular complexity index is 473. The molecule has 0 spiro atoms. The summed E-state index contributed by atoms with van der Waals surface area (Å²) in [6, 6.07) is 4.23. The third-order valence-corrected chi connectivity index (χ3v) is 2.47. The third kappa shape index (κ3) is 4.78. The number of hydrogen-bond acceptors (Lipinski definition) is 2. The van der Waals surface area contributed by atoms with Gasteiger partial charge in [-0.1, -0.05) is 23.7 Å². The minimum Gasteiger partial charge on any atom is -0.480 e. The molecule has 104 valence electrons. The molecule has 0 saturated heterocycles. The molecule has 4 nitrogen and oxygen atoms in total. The number of rotatable bonds is 4. The topological polar surface area (TPSA) is 66.4 Å². The molecule has 1 aromatic rings. The molecular weight excluding hydrogens is 287 g/mol. The highest BCUT2D eigenvalue weighted by Gasteiger charge is 2.40. The largest absolute Gasteiger partial charge is 0.480 e. The Hall–Kier alpha value is -1.76. The van der Waals surface area contributed by atoms with Crippen LogP contribution in [-0.2, 0) is 16.0 Å². The fourth-order valence-corrected chi connectivity index (χ4v) is 1.42. The summed E-state index contributed by atoms with van der Waals surface area (Å²) in [6.45, 7) is 0. The van der Waals surface area contributed by atoms with Gasteiger partial charge in [-0.2, -0.15) is 13.2 Å². The molecular formula is C11H9ClF3NO3. The minimum absolute atomic E-state index is 0.270. The quantitative estimate of drug-likeness (QED) is 0.893. The van der Waals surface area contributed by atoms with E-state index in [2.05, 4.69) is 0 Å². The van der Waals surface area contributed by atoms with Gasteiger partial charge in [0.25, 0.3) is 0 Å². The molecule has 8 heteroatoms. The molecule has 1 aromatic carbocycles. The normalized spacial score (nSPS) is 12.8. The fourth-order valence-electron chi connectivity index (χ4n) is 1.30. The van der Waals surface area contributed by atoms with Crippen molar-refractivity contribution in [1.29, 1.82) is 0 Å². The molecule has 0 heterocycles. The molecule has 0 saturated carbocycles. The van der Waals surface area contributed by atoms with E-state index in [0.29, 0.717) is 10.6 Å². The van der Waals surface area contributed by atoms with Crippen LogP contribution in [0.2, 0.25) is 5.02 Å². The smallest absolute Gasteiger partial charge is 0.471 e. The van der Waals surface area contributed by atoms with E-state index >= 15 is 0 Å². The lowest BCUT2D eigenvalue weighted by Crippen LogP contribution is -2.47. The van der Waals surface area contributed by atoms with E-state index in [0.717, 1.165) is 0 Å². The van der Waals surface area contributed by atoms with Crippen LogP contribution in [-0.4, -0.2) is 29.2 Å². The Morgan fingerprint density at radius 3 is 2.21 bits per heavy atom. The number of benzene rings is 1. The second-order valence-corrected chi connectivity index (χ2v) is 4.13. The summed E-state index contributed by atoms with van der Waals surface area (Å²) >= 11 is 5.62. The first-order valence-corrected chi connectivity index (χ1v) is 5.43. The van der Waals surface area contributed by atoms with Gasteiger partial charge in [-0.25, -0.2) is 4.79 Å². The Labute approximate surface area is 111 Å². The summed E-state index contributed by atoms with van der Waals surface area (Å²) in [6.07, 6.45) is -5.39. The molecule has 0 aliphatic rings. The number of hydrogen-bond donors (Lipinski definition) is 2. The molecule has 1 unspecified atom stereocenters. The number of aliphatic carboxylic acids is 1. The summed E-state index contributed by atoms with van der Waals surface area (Å²) in [5.74, 6) is -3.83. The molecule has 0 aliphatic heterocycles. The van der Waals surface area contributed by atoms with Crippen LogP contribution in [0.1, 0.15) is 5.56 Å². The number of amides is 1. The fraction of sp³-hybridized carbons (Fsp3) is 0.273. The first-order chi connectivity index (χ1) is 8.70. The number of carbonyl (C=O) groups is 2. The highest BCUT2D eigenvalue weighted by Crippen LogP contribution is 2.16. The predicted octanol–water partition coefficient (Wildman–Crippen LogP) is 2.01. The van der Waals surface area contributed by atoms with E-state index in [9.17, 15) is 22.8 Å². The van der Waals surface area contributed by atoms with Crippen molar-refractivity contribution in [2.45, 2.75) is 18.6 Å². The molecule has 1 amide bonds. The van der Waals surface area contributed by atoms with Crippen molar-refractivity contribution in [2.24, 2.45) is 0 Å². The second-order valence-electron chi connectivity index (χ2n) is 3.69. The monoisotopic (exact) mass is 295 g/mol. The maximum atomic E-state index is 12.0. The van der Waals surface area contributed by atoms with Crippen LogP contribution in [0.5, 0.6) is 0 Å².